The average molecular weight is 319 g/mol. The van der Waals surface area contributed by atoms with Crippen molar-refractivity contribution in [1.82, 2.24) is 4.98 Å². The molecule has 0 amide bonds. The first-order chi connectivity index (χ1) is 8.97. The highest BCUT2D eigenvalue weighted by Gasteiger charge is 2.16. The number of hydrogen-bond acceptors (Lipinski definition) is 4. The van der Waals surface area contributed by atoms with Crippen molar-refractivity contribution in [3.8, 4) is 0 Å². The summed E-state index contributed by atoms with van der Waals surface area (Å²) in [4.78, 5) is 14.2. The van der Waals surface area contributed by atoms with Crippen molar-refractivity contribution in [1.29, 1.82) is 0 Å². The van der Waals surface area contributed by atoms with Crippen LogP contribution in [0.4, 0.5) is 17.2 Å². The topological polar surface area (TPSA) is 68.1 Å². The molecule has 0 aliphatic rings. The maximum absolute atomic E-state index is 10.9. The minimum atomic E-state index is -0.565. The molecule has 1 N–H and O–H groups in total. The van der Waals surface area contributed by atoms with Crippen molar-refractivity contribution in [2.45, 2.75) is 0 Å². The van der Waals surface area contributed by atoms with E-state index in [0.29, 0.717) is 15.7 Å². The number of hydrogen-bond donors (Lipinski definition) is 1. The molecule has 0 saturated carbocycles. The third kappa shape index (κ3) is 3.26. The van der Waals surface area contributed by atoms with Gasteiger partial charge in [-0.15, -0.1) is 0 Å². The number of nitrogens with one attached hydrogen (secondary N) is 1. The molecule has 0 fully saturated rings. The van der Waals surface area contributed by atoms with E-state index in [1.54, 1.807) is 12.1 Å². The highest BCUT2D eigenvalue weighted by Crippen LogP contribution is 2.32. The minimum absolute atomic E-state index is 0.00154. The van der Waals surface area contributed by atoms with Gasteiger partial charge in [-0.05, 0) is 24.3 Å². The van der Waals surface area contributed by atoms with Crippen LogP contribution < -0.4 is 5.32 Å². The van der Waals surface area contributed by atoms with E-state index in [1.165, 1.54) is 18.2 Å². The number of benzene rings is 1. The molecule has 1 heterocycles. The third-order valence-electron chi connectivity index (χ3n) is 2.22. The molecule has 1 aromatic carbocycles. The van der Waals surface area contributed by atoms with Crippen molar-refractivity contribution in [2.24, 2.45) is 0 Å². The summed E-state index contributed by atoms with van der Waals surface area (Å²) >= 11 is 17.5. The Morgan fingerprint density at radius 3 is 2.58 bits per heavy atom. The molecule has 98 valence electrons. The number of pyridine rings is 1. The van der Waals surface area contributed by atoms with E-state index in [1.807, 2.05) is 0 Å². The Bertz CT molecular complexity index is 649. The molecule has 0 spiro atoms. The maximum Gasteiger partial charge on any atom is 0.311 e. The normalized spacial score (nSPS) is 10.3. The van der Waals surface area contributed by atoms with Gasteiger partial charge in [0.1, 0.15) is 5.15 Å². The van der Waals surface area contributed by atoms with E-state index in [0.717, 1.165) is 0 Å². The van der Waals surface area contributed by atoms with Gasteiger partial charge in [0.15, 0.2) is 0 Å². The van der Waals surface area contributed by atoms with Gasteiger partial charge in [-0.1, -0.05) is 34.8 Å². The highest BCUT2D eigenvalue weighted by atomic mass is 35.5. The Hall–Kier alpha value is -1.56. The van der Waals surface area contributed by atoms with Gasteiger partial charge in [-0.2, -0.15) is 0 Å². The molecular formula is C11H6Cl3N3O2. The second-order valence-electron chi connectivity index (χ2n) is 3.51. The van der Waals surface area contributed by atoms with Crippen LogP contribution in [0.25, 0.3) is 0 Å². The Labute approximate surface area is 123 Å². The molecule has 0 atom stereocenters. The first-order valence-corrected chi connectivity index (χ1v) is 6.14. The summed E-state index contributed by atoms with van der Waals surface area (Å²) in [5.74, 6) is 0.00154. The second-order valence-corrected chi connectivity index (χ2v) is 4.74. The van der Waals surface area contributed by atoms with Gasteiger partial charge < -0.3 is 5.32 Å². The fraction of sp³-hybridized carbons (Fsp3) is 0. The predicted molar refractivity (Wildman–Crippen MR) is 75.6 cm³/mol. The second kappa shape index (κ2) is 5.61. The SMILES string of the molecule is O=[N+]([O-])c1ccc(Cl)nc1Nc1cc(Cl)ccc1Cl. The zero-order valence-electron chi connectivity index (χ0n) is 9.23. The summed E-state index contributed by atoms with van der Waals surface area (Å²) in [6.07, 6.45) is 0. The fourth-order valence-corrected chi connectivity index (χ4v) is 1.87. The Kier molecular flexibility index (Phi) is 4.09. The lowest BCUT2D eigenvalue weighted by molar-refractivity contribution is -0.384. The summed E-state index contributed by atoms with van der Waals surface area (Å²) in [6.45, 7) is 0. The van der Waals surface area contributed by atoms with Gasteiger partial charge in [-0.25, -0.2) is 4.98 Å². The zero-order chi connectivity index (χ0) is 14.0. The van der Waals surface area contributed by atoms with Crippen molar-refractivity contribution >= 4 is 52.0 Å². The van der Waals surface area contributed by atoms with Crippen molar-refractivity contribution in [2.75, 3.05) is 5.32 Å². The van der Waals surface area contributed by atoms with Crippen LogP contribution in [0.2, 0.25) is 15.2 Å². The van der Waals surface area contributed by atoms with Crippen LogP contribution in [-0.4, -0.2) is 9.91 Å². The van der Waals surface area contributed by atoms with Crippen molar-refractivity contribution < 1.29 is 4.92 Å². The highest BCUT2D eigenvalue weighted by molar-refractivity contribution is 6.35. The Morgan fingerprint density at radius 2 is 1.89 bits per heavy atom. The molecule has 0 aliphatic heterocycles. The number of aromatic nitrogens is 1. The number of anilines is 2. The van der Waals surface area contributed by atoms with E-state index in [2.05, 4.69) is 10.3 Å². The quantitative estimate of drug-likeness (QED) is 0.506. The van der Waals surface area contributed by atoms with Crippen LogP contribution in [-0.2, 0) is 0 Å². The van der Waals surface area contributed by atoms with E-state index in [9.17, 15) is 10.1 Å². The molecule has 0 unspecified atom stereocenters. The molecule has 0 aliphatic carbocycles. The summed E-state index contributed by atoms with van der Waals surface area (Å²) in [5, 5.41) is 14.6. The van der Waals surface area contributed by atoms with E-state index in [-0.39, 0.29) is 16.7 Å². The fourth-order valence-electron chi connectivity index (χ4n) is 1.39. The average Bonchev–Trinajstić information content (AvgIpc) is 2.33. The third-order valence-corrected chi connectivity index (χ3v) is 2.99. The van der Waals surface area contributed by atoms with Gasteiger partial charge in [0.25, 0.3) is 0 Å². The molecule has 5 nitrogen and oxygen atoms in total. The number of halogens is 3. The van der Waals surface area contributed by atoms with Crippen LogP contribution >= 0.6 is 34.8 Å². The summed E-state index contributed by atoms with van der Waals surface area (Å²) < 4.78 is 0. The largest absolute Gasteiger partial charge is 0.333 e. The molecule has 8 heteroatoms. The van der Waals surface area contributed by atoms with Crippen LogP contribution in [0.15, 0.2) is 30.3 Å². The summed E-state index contributed by atoms with van der Waals surface area (Å²) in [5.41, 5.74) is 0.201. The molecule has 0 saturated heterocycles. The van der Waals surface area contributed by atoms with Gasteiger partial charge in [-0.3, -0.25) is 10.1 Å². The van der Waals surface area contributed by atoms with Gasteiger partial charge in [0, 0.05) is 11.1 Å². The minimum Gasteiger partial charge on any atom is -0.333 e. The summed E-state index contributed by atoms with van der Waals surface area (Å²) in [7, 11) is 0. The van der Waals surface area contributed by atoms with Crippen molar-refractivity contribution in [3.63, 3.8) is 0 Å². The molecule has 1 aromatic heterocycles. The lowest BCUT2D eigenvalue weighted by Crippen LogP contribution is -2.00. The van der Waals surface area contributed by atoms with Crippen LogP contribution in [0.3, 0.4) is 0 Å². The van der Waals surface area contributed by atoms with Crippen LogP contribution in [0.1, 0.15) is 0 Å². The predicted octanol–water partition coefficient (Wildman–Crippen LogP) is 4.69. The summed E-state index contributed by atoms with van der Waals surface area (Å²) in [6, 6.07) is 7.31. The first kappa shape index (κ1) is 13.9. The van der Waals surface area contributed by atoms with Crippen LogP contribution in [0.5, 0.6) is 0 Å². The van der Waals surface area contributed by atoms with E-state index in [4.69, 9.17) is 34.8 Å². The Morgan fingerprint density at radius 1 is 1.16 bits per heavy atom. The number of nitro groups is 1. The van der Waals surface area contributed by atoms with E-state index < -0.39 is 4.92 Å². The smallest absolute Gasteiger partial charge is 0.311 e. The Balaban J connectivity index is 2.45. The zero-order valence-corrected chi connectivity index (χ0v) is 11.5. The van der Waals surface area contributed by atoms with Crippen LogP contribution in [0, 0.1) is 10.1 Å². The molecule has 2 rings (SSSR count). The maximum atomic E-state index is 10.9. The monoisotopic (exact) mass is 317 g/mol. The molecule has 0 radical (unpaired) electrons. The van der Waals surface area contributed by atoms with E-state index >= 15 is 0 Å². The van der Waals surface area contributed by atoms with Crippen molar-refractivity contribution in [3.05, 3.63) is 55.6 Å². The van der Waals surface area contributed by atoms with Gasteiger partial charge in [0.05, 0.1) is 15.6 Å². The molecule has 2 aromatic rings. The number of nitrogens with zero attached hydrogens (tertiary/aromatic N) is 2. The molecule has 19 heavy (non-hydrogen) atoms. The number of rotatable bonds is 3. The lowest BCUT2D eigenvalue weighted by atomic mass is 10.3. The van der Waals surface area contributed by atoms with Gasteiger partial charge in [0.2, 0.25) is 5.82 Å². The first-order valence-electron chi connectivity index (χ1n) is 5.00. The standard InChI is InChI=1S/C11H6Cl3N3O2/c12-6-1-2-7(13)8(5-6)15-11-9(17(18)19)3-4-10(14)16-11/h1-5H,(H,15,16). The molecular weight excluding hydrogens is 312 g/mol. The van der Waals surface area contributed by atoms with Gasteiger partial charge >= 0.3 is 5.69 Å². The molecule has 0 bridgehead atoms. The lowest BCUT2D eigenvalue weighted by Gasteiger charge is -2.08.